The first-order valence-electron chi connectivity index (χ1n) is 9.49. The second-order valence-corrected chi connectivity index (χ2v) is 8.89. The van der Waals surface area contributed by atoms with Crippen molar-refractivity contribution in [1.82, 2.24) is 0 Å². The van der Waals surface area contributed by atoms with E-state index in [1.165, 1.54) is 57.8 Å². The summed E-state index contributed by atoms with van der Waals surface area (Å²) in [5.41, 5.74) is 0.656. The van der Waals surface area contributed by atoms with Gasteiger partial charge in [0.1, 0.15) is 0 Å². The molecule has 0 aromatic carbocycles. The molecule has 0 aliphatic carbocycles. The molecule has 0 aliphatic rings. The van der Waals surface area contributed by atoms with Crippen LogP contribution in [0.2, 0.25) is 5.54 Å². The summed E-state index contributed by atoms with van der Waals surface area (Å²) in [4.78, 5) is 0. The van der Waals surface area contributed by atoms with Gasteiger partial charge in [-0.15, -0.1) is 0 Å². The summed E-state index contributed by atoms with van der Waals surface area (Å²) in [6.45, 7) is 10.7. The normalized spacial score (nSPS) is 13.0. The average Bonchev–Trinajstić information content (AvgIpc) is 2.50. The Labute approximate surface area is 135 Å². The van der Waals surface area contributed by atoms with E-state index in [2.05, 4.69) is 27.7 Å². The van der Waals surface area contributed by atoms with Crippen molar-refractivity contribution in [1.29, 1.82) is 0 Å². The van der Waals surface area contributed by atoms with Crippen molar-refractivity contribution in [2.45, 2.75) is 104 Å². The fourth-order valence-electron chi connectivity index (χ4n) is 2.58. The zero-order chi connectivity index (χ0) is 15.8. The highest BCUT2D eigenvalue weighted by atomic mass is 28.3. The maximum atomic E-state index is 5.99. The molecule has 0 aliphatic heterocycles. The number of rotatable bonds is 16. The third-order valence-corrected chi connectivity index (χ3v) is 6.34. The average molecular weight is 317 g/mol. The van der Waals surface area contributed by atoms with Gasteiger partial charge in [0.05, 0.1) is 0 Å². The molecule has 0 radical (unpaired) electrons. The van der Waals surface area contributed by atoms with E-state index in [1.807, 2.05) is 0 Å². The number of unbranched alkanes of at least 4 members (excludes halogenated alkanes) is 7. The molecule has 21 heavy (non-hydrogen) atoms. The van der Waals surface area contributed by atoms with Crippen LogP contribution < -0.4 is 0 Å². The minimum Gasteiger partial charge on any atom is -0.396 e. The largest absolute Gasteiger partial charge is 0.396 e. The molecular weight excluding hydrogens is 276 g/mol. The summed E-state index contributed by atoms with van der Waals surface area (Å²) in [5, 5.41) is 0. The van der Waals surface area contributed by atoms with Crippen molar-refractivity contribution in [2.24, 2.45) is 0 Å². The van der Waals surface area contributed by atoms with Crippen LogP contribution in [-0.2, 0) is 8.85 Å². The molecule has 128 valence electrons. The number of hydrogen-bond donors (Lipinski definition) is 0. The Hall–Kier alpha value is 0.137. The quantitative estimate of drug-likeness (QED) is 0.257. The first-order valence-corrected chi connectivity index (χ1v) is 11.1. The molecule has 0 heterocycles. The van der Waals surface area contributed by atoms with Gasteiger partial charge in [0, 0.05) is 13.2 Å². The first kappa shape index (κ1) is 21.1. The third kappa shape index (κ3) is 13.5. The second-order valence-electron chi connectivity index (χ2n) is 6.35. The molecule has 2 nitrogen and oxygen atoms in total. The lowest BCUT2D eigenvalue weighted by atomic mass is 10.1. The van der Waals surface area contributed by atoms with E-state index >= 15 is 0 Å². The van der Waals surface area contributed by atoms with Gasteiger partial charge < -0.3 is 8.85 Å². The monoisotopic (exact) mass is 316 g/mol. The van der Waals surface area contributed by atoms with Gasteiger partial charge in [-0.05, 0) is 24.8 Å². The topological polar surface area (TPSA) is 18.5 Å². The minimum atomic E-state index is -1.44. The molecular formula is C18H40O2Si. The molecule has 0 amide bonds. The molecule has 0 saturated carbocycles. The van der Waals surface area contributed by atoms with Crippen LogP contribution in [0.15, 0.2) is 0 Å². The van der Waals surface area contributed by atoms with Crippen LogP contribution in [0.25, 0.3) is 0 Å². The maximum absolute atomic E-state index is 5.99. The van der Waals surface area contributed by atoms with Crippen molar-refractivity contribution in [2.75, 3.05) is 13.2 Å². The first-order chi connectivity index (χ1) is 10.3. The van der Waals surface area contributed by atoms with E-state index in [0.717, 1.165) is 26.1 Å². The minimum absolute atomic E-state index is 0.656. The van der Waals surface area contributed by atoms with Crippen molar-refractivity contribution < 1.29 is 8.85 Å². The van der Waals surface area contributed by atoms with E-state index in [-0.39, 0.29) is 0 Å². The van der Waals surface area contributed by atoms with E-state index in [1.54, 1.807) is 0 Å². The van der Waals surface area contributed by atoms with Gasteiger partial charge in [0.25, 0.3) is 0 Å². The zero-order valence-corrected chi connectivity index (χ0v) is 16.3. The summed E-state index contributed by atoms with van der Waals surface area (Å²) in [7, 11) is -1.44. The molecule has 0 fully saturated rings. The highest BCUT2D eigenvalue weighted by molar-refractivity contribution is 6.46. The van der Waals surface area contributed by atoms with Gasteiger partial charge in [-0.1, -0.05) is 79.1 Å². The highest BCUT2D eigenvalue weighted by Crippen LogP contribution is 2.21. The van der Waals surface area contributed by atoms with Crippen molar-refractivity contribution >= 4 is 9.28 Å². The predicted molar refractivity (Wildman–Crippen MR) is 96.3 cm³/mol. The van der Waals surface area contributed by atoms with Crippen molar-refractivity contribution in [3.63, 3.8) is 0 Å². The van der Waals surface area contributed by atoms with E-state index in [9.17, 15) is 0 Å². The van der Waals surface area contributed by atoms with Gasteiger partial charge in [-0.3, -0.25) is 0 Å². The molecule has 0 saturated heterocycles. The summed E-state index contributed by atoms with van der Waals surface area (Å²) >= 11 is 0. The highest BCUT2D eigenvalue weighted by Gasteiger charge is 2.21. The van der Waals surface area contributed by atoms with E-state index in [4.69, 9.17) is 8.85 Å². The predicted octanol–water partition coefficient (Wildman–Crippen LogP) is 5.98. The van der Waals surface area contributed by atoms with Crippen LogP contribution in [0.1, 0.15) is 98.3 Å². The molecule has 0 N–H and O–H groups in total. The molecule has 3 heteroatoms. The standard InChI is InChI=1S/C18H40O2Si/c1-5-8-9-10-11-12-13-14-15-18(4)21(19-16-6-2)20-17-7-3/h18,21H,5-17H2,1-4H3. The smallest absolute Gasteiger partial charge is 0.324 e. The lowest BCUT2D eigenvalue weighted by Crippen LogP contribution is -2.28. The van der Waals surface area contributed by atoms with Crippen molar-refractivity contribution in [3.05, 3.63) is 0 Å². The summed E-state index contributed by atoms with van der Waals surface area (Å²) in [5.74, 6) is 0. The van der Waals surface area contributed by atoms with Crippen LogP contribution in [0, 0.1) is 0 Å². The zero-order valence-electron chi connectivity index (χ0n) is 15.2. The van der Waals surface area contributed by atoms with Crippen LogP contribution in [0.3, 0.4) is 0 Å². The molecule has 0 aromatic rings. The molecule has 0 rings (SSSR count). The Morgan fingerprint density at radius 3 is 1.62 bits per heavy atom. The number of hydrogen-bond acceptors (Lipinski definition) is 2. The summed E-state index contributed by atoms with van der Waals surface area (Å²) in [6.07, 6.45) is 14.7. The van der Waals surface area contributed by atoms with Gasteiger partial charge >= 0.3 is 9.28 Å². The molecule has 0 spiro atoms. The van der Waals surface area contributed by atoms with E-state index < -0.39 is 9.28 Å². The maximum Gasteiger partial charge on any atom is 0.324 e. The van der Waals surface area contributed by atoms with Gasteiger partial charge in [0.15, 0.2) is 0 Å². The lowest BCUT2D eigenvalue weighted by molar-refractivity contribution is 0.187. The van der Waals surface area contributed by atoms with Gasteiger partial charge in [-0.25, -0.2) is 0 Å². The Balaban J connectivity index is 3.63. The van der Waals surface area contributed by atoms with Crippen LogP contribution >= 0.6 is 0 Å². The Kier molecular flexibility index (Phi) is 16.6. The SMILES string of the molecule is CCCCCCCCCCC(C)[SiH](OCCC)OCCC. The summed E-state index contributed by atoms with van der Waals surface area (Å²) in [6, 6.07) is 0. The third-order valence-electron chi connectivity index (χ3n) is 3.95. The van der Waals surface area contributed by atoms with E-state index in [0.29, 0.717) is 5.54 Å². The molecule has 0 bridgehead atoms. The lowest BCUT2D eigenvalue weighted by Gasteiger charge is -2.22. The fourth-order valence-corrected chi connectivity index (χ4v) is 4.78. The van der Waals surface area contributed by atoms with Crippen LogP contribution in [0.5, 0.6) is 0 Å². The molecule has 1 unspecified atom stereocenters. The fraction of sp³-hybridized carbons (Fsp3) is 1.00. The van der Waals surface area contributed by atoms with Crippen LogP contribution in [-0.4, -0.2) is 22.5 Å². The summed E-state index contributed by atoms with van der Waals surface area (Å²) < 4.78 is 12.0. The van der Waals surface area contributed by atoms with Crippen molar-refractivity contribution in [3.8, 4) is 0 Å². The Bertz CT molecular complexity index is 192. The molecule has 1 atom stereocenters. The Morgan fingerprint density at radius 1 is 0.667 bits per heavy atom. The second kappa shape index (κ2) is 16.5. The molecule has 0 aromatic heterocycles. The van der Waals surface area contributed by atoms with Crippen LogP contribution in [0.4, 0.5) is 0 Å². The van der Waals surface area contributed by atoms with Gasteiger partial charge in [-0.2, -0.15) is 0 Å². The van der Waals surface area contributed by atoms with Gasteiger partial charge in [0.2, 0.25) is 0 Å². The Morgan fingerprint density at radius 2 is 1.14 bits per heavy atom.